The molecule has 3 rings (SSSR count). The van der Waals surface area contributed by atoms with Gasteiger partial charge in [0.05, 0.1) is 11.1 Å². The van der Waals surface area contributed by atoms with E-state index in [4.69, 9.17) is 11.6 Å². The Morgan fingerprint density at radius 2 is 1.87 bits per heavy atom. The second-order valence-corrected chi connectivity index (χ2v) is 8.58. The number of aromatic nitrogens is 4. The Morgan fingerprint density at radius 3 is 2.39 bits per heavy atom. The Kier molecular flexibility index (Phi) is 5.84. The third-order valence-corrected chi connectivity index (χ3v) is 6.48. The van der Waals surface area contributed by atoms with E-state index in [0.717, 1.165) is 18.3 Å². The fraction of sp³-hybridized carbons (Fsp3) is 0.294. The van der Waals surface area contributed by atoms with Gasteiger partial charge in [0.15, 0.2) is 5.65 Å². The number of amides is 1. The third-order valence-electron chi connectivity index (χ3n) is 4.37. The van der Waals surface area contributed by atoms with Crippen molar-refractivity contribution in [3.8, 4) is 0 Å². The zero-order valence-corrected chi connectivity index (χ0v) is 17.6. The number of alkyl halides is 3. The SMILES string of the molecule is CCn1c(C(C)N(C(=O)O)S(=O)(=O)c2ccc(Cl)cc2)nc2cnc(C(F)(F)F)nc21. The number of hydrogen-bond donors (Lipinski definition) is 1. The molecule has 0 saturated heterocycles. The van der Waals surface area contributed by atoms with Crippen molar-refractivity contribution in [2.24, 2.45) is 0 Å². The van der Waals surface area contributed by atoms with Gasteiger partial charge in [-0.05, 0) is 38.1 Å². The molecule has 0 saturated carbocycles. The molecule has 3 aromatic rings. The summed E-state index contributed by atoms with van der Waals surface area (Å²) >= 11 is 5.76. The minimum absolute atomic E-state index is 0.0362. The van der Waals surface area contributed by atoms with E-state index in [1.165, 1.54) is 23.6 Å². The number of sulfonamides is 1. The van der Waals surface area contributed by atoms with Crippen molar-refractivity contribution >= 4 is 38.9 Å². The van der Waals surface area contributed by atoms with Gasteiger partial charge in [-0.2, -0.15) is 17.5 Å². The van der Waals surface area contributed by atoms with Gasteiger partial charge < -0.3 is 9.67 Å². The molecule has 31 heavy (non-hydrogen) atoms. The van der Waals surface area contributed by atoms with Crippen LogP contribution in [0, 0.1) is 0 Å². The van der Waals surface area contributed by atoms with E-state index in [0.29, 0.717) is 0 Å². The fourth-order valence-electron chi connectivity index (χ4n) is 3.01. The van der Waals surface area contributed by atoms with Gasteiger partial charge in [-0.1, -0.05) is 11.6 Å². The van der Waals surface area contributed by atoms with Crippen LogP contribution in [0.3, 0.4) is 0 Å². The van der Waals surface area contributed by atoms with Gasteiger partial charge in [0, 0.05) is 11.6 Å². The summed E-state index contributed by atoms with van der Waals surface area (Å²) in [4.78, 5) is 22.4. The largest absolute Gasteiger partial charge is 0.464 e. The second kappa shape index (κ2) is 7.96. The number of hydrogen-bond acceptors (Lipinski definition) is 6. The first-order valence-corrected chi connectivity index (χ1v) is 10.5. The zero-order valence-electron chi connectivity index (χ0n) is 16.0. The van der Waals surface area contributed by atoms with Crippen molar-refractivity contribution in [1.29, 1.82) is 0 Å². The summed E-state index contributed by atoms with van der Waals surface area (Å²) in [5.41, 5.74) is -0.230. The molecule has 2 heterocycles. The highest BCUT2D eigenvalue weighted by Gasteiger charge is 2.38. The predicted molar refractivity (Wildman–Crippen MR) is 103 cm³/mol. The number of nitrogens with zero attached hydrogens (tertiary/aromatic N) is 5. The highest BCUT2D eigenvalue weighted by molar-refractivity contribution is 7.89. The molecule has 0 aliphatic carbocycles. The molecule has 2 aromatic heterocycles. The molecule has 1 unspecified atom stereocenters. The average Bonchev–Trinajstić information content (AvgIpc) is 3.05. The molecular weight excluding hydrogens is 463 g/mol. The van der Waals surface area contributed by atoms with Gasteiger partial charge >= 0.3 is 12.3 Å². The number of carbonyl (C=O) groups is 1. The molecule has 0 fully saturated rings. The Hall–Kier alpha value is -2.93. The maximum absolute atomic E-state index is 13.0. The number of carboxylic acid groups (broad SMARTS) is 1. The van der Waals surface area contributed by atoms with Gasteiger partial charge in [-0.3, -0.25) is 0 Å². The Labute approximate surface area is 179 Å². The van der Waals surface area contributed by atoms with Crippen LogP contribution in [0.25, 0.3) is 11.2 Å². The second-order valence-electron chi connectivity index (χ2n) is 6.33. The van der Waals surface area contributed by atoms with Crippen LogP contribution < -0.4 is 0 Å². The van der Waals surface area contributed by atoms with E-state index >= 15 is 0 Å². The fourth-order valence-corrected chi connectivity index (χ4v) is 4.55. The van der Waals surface area contributed by atoms with E-state index in [2.05, 4.69) is 15.0 Å². The van der Waals surface area contributed by atoms with Gasteiger partial charge in [0.25, 0.3) is 10.0 Å². The summed E-state index contributed by atoms with van der Waals surface area (Å²) in [5, 5.41) is 9.90. The summed E-state index contributed by atoms with van der Waals surface area (Å²) in [6.45, 7) is 2.89. The third kappa shape index (κ3) is 4.14. The molecular formula is C17H15ClF3N5O4S. The minimum atomic E-state index is -4.80. The maximum Gasteiger partial charge on any atom is 0.451 e. The van der Waals surface area contributed by atoms with Crippen molar-refractivity contribution < 1.29 is 31.5 Å². The van der Waals surface area contributed by atoms with E-state index in [1.807, 2.05) is 0 Å². The molecule has 14 heteroatoms. The maximum atomic E-state index is 13.0. The topological polar surface area (TPSA) is 118 Å². The van der Waals surface area contributed by atoms with Crippen molar-refractivity contribution in [2.75, 3.05) is 0 Å². The summed E-state index contributed by atoms with van der Waals surface area (Å²) < 4.78 is 66.4. The van der Waals surface area contributed by atoms with Gasteiger partial charge in [0.1, 0.15) is 17.4 Å². The number of halogens is 4. The Balaban J connectivity index is 2.15. The lowest BCUT2D eigenvalue weighted by atomic mass is 10.3. The van der Waals surface area contributed by atoms with E-state index in [-0.39, 0.29) is 37.8 Å². The van der Waals surface area contributed by atoms with E-state index in [1.54, 1.807) is 6.92 Å². The van der Waals surface area contributed by atoms with Crippen molar-refractivity contribution in [2.45, 2.75) is 37.5 Å². The van der Waals surface area contributed by atoms with Crippen LogP contribution >= 0.6 is 11.6 Å². The lowest BCUT2D eigenvalue weighted by Gasteiger charge is -2.25. The van der Waals surface area contributed by atoms with Gasteiger partial charge in [-0.15, -0.1) is 0 Å². The molecule has 0 bridgehead atoms. The monoisotopic (exact) mass is 477 g/mol. The van der Waals surface area contributed by atoms with Crippen LogP contribution in [-0.2, 0) is 22.7 Å². The standard InChI is InChI=1S/C17H15ClF3N5O4S/c1-3-25-13(23-12-8-22-15(17(19,20)21)24-14(12)25)9(2)26(16(27)28)31(29,30)11-6-4-10(18)5-7-11/h4-9H,3H2,1-2H3,(H,27,28). The molecule has 0 spiro atoms. The lowest BCUT2D eigenvalue weighted by molar-refractivity contribution is -0.144. The summed E-state index contributed by atoms with van der Waals surface area (Å²) in [5.74, 6) is -1.50. The van der Waals surface area contributed by atoms with Crippen molar-refractivity contribution in [3.63, 3.8) is 0 Å². The molecule has 166 valence electrons. The van der Waals surface area contributed by atoms with Gasteiger partial charge in [-0.25, -0.2) is 28.2 Å². The highest BCUT2D eigenvalue weighted by Crippen LogP contribution is 2.31. The molecule has 0 aliphatic heterocycles. The Morgan fingerprint density at radius 1 is 1.26 bits per heavy atom. The normalized spacial score (nSPS) is 13.4. The molecule has 1 aromatic carbocycles. The molecule has 9 nitrogen and oxygen atoms in total. The number of fused-ring (bicyclic) bond motifs is 1. The first-order chi connectivity index (χ1) is 14.4. The zero-order chi connectivity index (χ0) is 23.1. The average molecular weight is 478 g/mol. The minimum Gasteiger partial charge on any atom is -0.464 e. The van der Waals surface area contributed by atoms with Crippen molar-refractivity contribution in [1.82, 2.24) is 23.8 Å². The summed E-state index contributed by atoms with van der Waals surface area (Å²) in [6.07, 6.45) is -5.74. The highest BCUT2D eigenvalue weighted by atomic mass is 35.5. The van der Waals surface area contributed by atoms with Crippen LogP contribution in [0.1, 0.15) is 31.5 Å². The predicted octanol–water partition coefficient (Wildman–Crippen LogP) is 3.95. The lowest BCUT2D eigenvalue weighted by Crippen LogP contribution is -2.39. The Bertz CT molecular complexity index is 1250. The van der Waals surface area contributed by atoms with Crippen LogP contribution in [0.2, 0.25) is 5.02 Å². The first kappa shape index (κ1) is 22.7. The first-order valence-electron chi connectivity index (χ1n) is 8.71. The number of rotatable bonds is 5. The van der Waals surface area contributed by atoms with E-state index in [9.17, 15) is 31.5 Å². The quantitative estimate of drug-likeness (QED) is 0.591. The number of imidazole rings is 1. The van der Waals surface area contributed by atoms with Crippen LogP contribution in [0.4, 0.5) is 18.0 Å². The summed E-state index contributed by atoms with van der Waals surface area (Å²) in [6, 6.07) is 3.47. The molecule has 1 atom stereocenters. The number of benzene rings is 1. The molecule has 1 amide bonds. The molecule has 0 aliphatic rings. The van der Waals surface area contributed by atoms with E-state index < -0.39 is 34.2 Å². The smallest absolute Gasteiger partial charge is 0.451 e. The van der Waals surface area contributed by atoms with Crippen LogP contribution in [-0.4, -0.2) is 43.4 Å². The molecule has 0 radical (unpaired) electrons. The number of aryl methyl sites for hydroxylation is 1. The van der Waals surface area contributed by atoms with Crippen LogP contribution in [0.15, 0.2) is 35.4 Å². The summed E-state index contributed by atoms with van der Waals surface area (Å²) in [7, 11) is -4.55. The molecule has 1 N–H and O–H groups in total. The van der Waals surface area contributed by atoms with Crippen molar-refractivity contribution in [3.05, 3.63) is 47.1 Å². The van der Waals surface area contributed by atoms with Gasteiger partial charge in [0.2, 0.25) is 5.82 Å². The van der Waals surface area contributed by atoms with Crippen LogP contribution in [0.5, 0.6) is 0 Å².